The highest BCUT2D eigenvalue weighted by Crippen LogP contribution is 1.92. The standard InChI is InChI=1S/C12H28N4.HI/c1-6-8-10-16(5)12(13-3)14-9-11-15(4)7-2;/h6-11H2,1-5H3,(H,13,14);1H. The van der Waals surface area contributed by atoms with Crippen LogP contribution in [-0.4, -0.2) is 63.1 Å². The molecule has 0 amide bonds. The Morgan fingerprint density at radius 3 is 2.29 bits per heavy atom. The van der Waals surface area contributed by atoms with Gasteiger partial charge in [-0.2, -0.15) is 0 Å². The van der Waals surface area contributed by atoms with Crippen LogP contribution in [0.3, 0.4) is 0 Å². The summed E-state index contributed by atoms with van der Waals surface area (Å²) in [6.45, 7) is 8.54. The van der Waals surface area contributed by atoms with Crippen molar-refractivity contribution in [2.75, 3.05) is 47.3 Å². The smallest absolute Gasteiger partial charge is 0.193 e. The van der Waals surface area contributed by atoms with Crippen LogP contribution in [0.5, 0.6) is 0 Å². The molecule has 0 fully saturated rings. The maximum absolute atomic E-state index is 4.28. The zero-order valence-corrected chi connectivity index (χ0v) is 14.3. The first-order valence-electron chi connectivity index (χ1n) is 6.26. The Bertz CT molecular complexity index is 197. The van der Waals surface area contributed by atoms with Crippen LogP contribution in [0.4, 0.5) is 0 Å². The van der Waals surface area contributed by atoms with Gasteiger partial charge in [0, 0.05) is 33.7 Å². The molecule has 0 aromatic heterocycles. The van der Waals surface area contributed by atoms with E-state index in [1.165, 1.54) is 12.8 Å². The molecule has 0 bridgehead atoms. The highest BCUT2D eigenvalue weighted by Gasteiger charge is 2.04. The third-order valence-corrected chi connectivity index (χ3v) is 2.74. The van der Waals surface area contributed by atoms with Gasteiger partial charge < -0.3 is 15.1 Å². The molecule has 0 atom stereocenters. The molecule has 1 N–H and O–H groups in total. The van der Waals surface area contributed by atoms with Gasteiger partial charge in [0.15, 0.2) is 5.96 Å². The first-order valence-corrected chi connectivity index (χ1v) is 6.26. The molecule has 4 nitrogen and oxygen atoms in total. The van der Waals surface area contributed by atoms with Gasteiger partial charge >= 0.3 is 0 Å². The molecule has 0 aromatic rings. The minimum absolute atomic E-state index is 0. The van der Waals surface area contributed by atoms with Crippen molar-refractivity contribution in [3.05, 3.63) is 0 Å². The van der Waals surface area contributed by atoms with Gasteiger partial charge in [-0.05, 0) is 20.0 Å². The minimum Gasteiger partial charge on any atom is -0.355 e. The molecule has 0 heterocycles. The number of halogens is 1. The van der Waals surface area contributed by atoms with Crippen molar-refractivity contribution in [2.24, 2.45) is 4.99 Å². The van der Waals surface area contributed by atoms with Crippen LogP contribution in [0.25, 0.3) is 0 Å². The second-order valence-electron chi connectivity index (χ2n) is 4.14. The van der Waals surface area contributed by atoms with Gasteiger partial charge in [0.1, 0.15) is 0 Å². The molecule has 5 heteroatoms. The van der Waals surface area contributed by atoms with E-state index >= 15 is 0 Å². The topological polar surface area (TPSA) is 30.9 Å². The number of nitrogens with zero attached hydrogens (tertiary/aromatic N) is 3. The lowest BCUT2D eigenvalue weighted by atomic mass is 10.3. The summed E-state index contributed by atoms with van der Waals surface area (Å²) >= 11 is 0. The Labute approximate surface area is 124 Å². The molecule has 0 saturated carbocycles. The van der Waals surface area contributed by atoms with Crippen LogP contribution in [0.2, 0.25) is 0 Å². The fraction of sp³-hybridized carbons (Fsp3) is 0.917. The Hall–Kier alpha value is -0.0400. The van der Waals surface area contributed by atoms with Crippen molar-refractivity contribution in [1.82, 2.24) is 15.1 Å². The lowest BCUT2D eigenvalue weighted by molar-refractivity contribution is 0.353. The van der Waals surface area contributed by atoms with Gasteiger partial charge in [-0.25, -0.2) is 0 Å². The lowest BCUT2D eigenvalue weighted by Crippen LogP contribution is -2.42. The van der Waals surface area contributed by atoms with E-state index in [4.69, 9.17) is 0 Å². The van der Waals surface area contributed by atoms with E-state index in [9.17, 15) is 0 Å². The Morgan fingerprint density at radius 2 is 1.82 bits per heavy atom. The molecule has 0 aliphatic heterocycles. The number of guanidine groups is 1. The third-order valence-electron chi connectivity index (χ3n) is 2.74. The fourth-order valence-electron chi connectivity index (χ4n) is 1.40. The van der Waals surface area contributed by atoms with Crippen LogP contribution < -0.4 is 5.32 Å². The zero-order valence-electron chi connectivity index (χ0n) is 12.0. The number of hydrogen-bond acceptors (Lipinski definition) is 2. The Balaban J connectivity index is 0. The SMILES string of the molecule is CCCCN(C)C(=NC)NCCN(C)CC.I. The number of hydrogen-bond donors (Lipinski definition) is 1. The summed E-state index contributed by atoms with van der Waals surface area (Å²) in [5.74, 6) is 0.998. The van der Waals surface area contributed by atoms with Crippen molar-refractivity contribution in [2.45, 2.75) is 26.7 Å². The molecule has 0 spiro atoms. The average molecular weight is 356 g/mol. The largest absolute Gasteiger partial charge is 0.355 e. The second-order valence-corrected chi connectivity index (χ2v) is 4.14. The zero-order chi connectivity index (χ0) is 12.4. The molecular weight excluding hydrogens is 327 g/mol. The molecule has 17 heavy (non-hydrogen) atoms. The third kappa shape index (κ3) is 9.64. The van der Waals surface area contributed by atoms with E-state index in [1.54, 1.807) is 0 Å². The molecule has 0 radical (unpaired) electrons. The fourth-order valence-corrected chi connectivity index (χ4v) is 1.40. The molecule has 104 valence electrons. The van der Waals surface area contributed by atoms with Gasteiger partial charge in [-0.15, -0.1) is 24.0 Å². The lowest BCUT2D eigenvalue weighted by Gasteiger charge is -2.23. The number of nitrogens with one attached hydrogen (secondary N) is 1. The normalized spacial score (nSPS) is 11.3. The highest BCUT2D eigenvalue weighted by atomic mass is 127. The number of likely N-dealkylation sites (N-methyl/N-ethyl adjacent to an activating group) is 1. The molecule has 0 aromatic carbocycles. The van der Waals surface area contributed by atoms with Crippen LogP contribution >= 0.6 is 24.0 Å². The van der Waals surface area contributed by atoms with Crippen LogP contribution in [-0.2, 0) is 0 Å². The first-order chi connectivity index (χ1) is 7.65. The van der Waals surface area contributed by atoms with Crippen LogP contribution in [0, 0.1) is 0 Å². The number of unbranched alkanes of at least 4 members (excludes halogenated alkanes) is 1. The highest BCUT2D eigenvalue weighted by molar-refractivity contribution is 14.0. The van der Waals surface area contributed by atoms with Crippen LogP contribution in [0.1, 0.15) is 26.7 Å². The van der Waals surface area contributed by atoms with Gasteiger partial charge in [0.25, 0.3) is 0 Å². The second kappa shape index (κ2) is 12.4. The predicted molar refractivity (Wildman–Crippen MR) is 87.5 cm³/mol. The van der Waals surface area contributed by atoms with Crippen LogP contribution in [0.15, 0.2) is 4.99 Å². The van der Waals surface area contributed by atoms with E-state index in [1.807, 2.05) is 7.05 Å². The summed E-state index contributed by atoms with van der Waals surface area (Å²) < 4.78 is 0. The molecule has 0 saturated heterocycles. The van der Waals surface area contributed by atoms with Gasteiger partial charge in [-0.1, -0.05) is 20.3 Å². The minimum atomic E-state index is 0. The number of rotatable bonds is 7. The molecule has 0 unspecified atom stereocenters. The van der Waals surface area contributed by atoms with Crippen molar-refractivity contribution in [3.8, 4) is 0 Å². The summed E-state index contributed by atoms with van der Waals surface area (Å²) in [6, 6.07) is 0. The molecule has 0 rings (SSSR count). The van der Waals surface area contributed by atoms with E-state index in [-0.39, 0.29) is 24.0 Å². The van der Waals surface area contributed by atoms with Crippen molar-refractivity contribution in [3.63, 3.8) is 0 Å². The predicted octanol–water partition coefficient (Wildman–Crippen LogP) is 1.86. The maximum Gasteiger partial charge on any atom is 0.193 e. The van der Waals surface area contributed by atoms with Crippen molar-refractivity contribution in [1.29, 1.82) is 0 Å². The Morgan fingerprint density at radius 1 is 1.18 bits per heavy atom. The summed E-state index contributed by atoms with van der Waals surface area (Å²) in [4.78, 5) is 8.75. The molecular formula is C12H29IN4. The van der Waals surface area contributed by atoms with Gasteiger partial charge in [0.2, 0.25) is 0 Å². The molecule has 0 aliphatic rings. The van der Waals surface area contributed by atoms with E-state index < -0.39 is 0 Å². The average Bonchev–Trinajstić information content (AvgIpc) is 2.31. The summed E-state index contributed by atoms with van der Waals surface area (Å²) in [5.41, 5.74) is 0. The quantitative estimate of drug-likeness (QED) is 0.429. The Kier molecular flexibility index (Phi) is 14.1. The van der Waals surface area contributed by atoms with E-state index in [0.717, 1.165) is 32.1 Å². The van der Waals surface area contributed by atoms with Crippen molar-refractivity contribution >= 4 is 29.9 Å². The monoisotopic (exact) mass is 356 g/mol. The summed E-state index contributed by atoms with van der Waals surface area (Å²) in [6.07, 6.45) is 2.44. The number of aliphatic imine (C=N–C) groups is 1. The first kappa shape index (κ1) is 19.3. The summed E-state index contributed by atoms with van der Waals surface area (Å²) in [5, 5.41) is 3.38. The van der Waals surface area contributed by atoms with E-state index in [2.05, 4.69) is 48.1 Å². The molecule has 0 aliphatic carbocycles. The van der Waals surface area contributed by atoms with Crippen molar-refractivity contribution < 1.29 is 0 Å². The van der Waals surface area contributed by atoms with Gasteiger partial charge in [0.05, 0.1) is 0 Å². The van der Waals surface area contributed by atoms with E-state index in [0.29, 0.717) is 0 Å². The summed E-state index contributed by atoms with van der Waals surface area (Å²) in [7, 11) is 6.06. The van der Waals surface area contributed by atoms with Gasteiger partial charge in [-0.3, -0.25) is 4.99 Å². The maximum atomic E-state index is 4.28.